The van der Waals surface area contributed by atoms with E-state index >= 15 is 0 Å². The number of nitrogen functional groups attached to an aromatic ring is 1. The fourth-order valence-electron chi connectivity index (χ4n) is 3.51. The number of piperazine rings is 1. The maximum Gasteiger partial charge on any atom is 0.406 e. The molecule has 0 atom stereocenters. The topological polar surface area (TPSA) is 94.4 Å². The number of likely N-dealkylation sites (N-methyl/N-ethyl adjacent to an activating group) is 1. The maximum atomic E-state index is 13.3. The van der Waals surface area contributed by atoms with Crippen LogP contribution in [-0.2, 0) is 0 Å². The summed E-state index contributed by atoms with van der Waals surface area (Å²) in [5.41, 5.74) is 6.87. The van der Waals surface area contributed by atoms with Gasteiger partial charge in [0, 0.05) is 43.6 Å². The number of alkyl halides is 3. The van der Waals surface area contributed by atoms with E-state index in [-0.39, 0.29) is 23.4 Å². The van der Waals surface area contributed by atoms with Gasteiger partial charge in [-0.1, -0.05) is 0 Å². The van der Waals surface area contributed by atoms with Crippen LogP contribution in [0.25, 0.3) is 11.0 Å². The molecule has 3 N–H and O–H groups in total. The van der Waals surface area contributed by atoms with Gasteiger partial charge in [0.05, 0.1) is 5.39 Å². The Hall–Kier alpha value is -3.34. The highest BCUT2D eigenvalue weighted by Crippen LogP contribution is 2.30. The molecule has 1 aliphatic heterocycles. The molecule has 31 heavy (non-hydrogen) atoms. The Kier molecular flexibility index (Phi) is 5.44. The van der Waals surface area contributed by atoms with Crippen molar-refractivity contribution in [3.8, 4) is 0 Å². The summed E-state index contributed by atoms with van der Waals surface area (Å²) in [6.07, 6.45) is -2.91. The van der Waals surface area contributed by atoms with Crippen LogP contribution < -0.4 is 10.6 Å². The highest BCUT2D eigenvalue weighted by atomic mass is 19.4. The van der Waals surface area contributed by atoms with E-state index in [0.717, 1.165) is 18.0 Å². The lowest BCUT2D eigenvalue weighted by molar-refractivity contribution is -0.118. The summed E-state index contributed by atoms with van der Waals surface area (Å²) in [4.78, 5) is 28.6. The predicted molar refractivity (Wildman–Crippen MR) is 111 cm³/mol. The van der Waals surface area contributed by atoms with Crippen molar-refractivity contribution in [2.75, 3.05) is 50.4 Å². The summed E-state index contributed by atoms with van der Waals surface area (Å²) >= 11 is 0. The lowest BCUT2D eigenvalue weighted by Gasteiger charge is -2.32. The third kappa shape index (κ3) is 4.55. The monoisotopic (exact) mass is 433 g/mol. The van der Waals surface area contributed by atoms with E-state index in [0.29, 0.717) is 29.7 Å². The number of aromatic nitrogens is 3. The summed E-state index contributed by atoms with van der Waals surface area (Å²) < 4.78 is 39.9. The molecule has 1 aliphatic rings. The van der Waals surface area contributed by atoms with Gasteiger partial charge in [0.15, 0.2) is 0 Å². The van der Waals surface area contributed by atoms with Gasteiger partial charge in [-0.25, -0.2) is 0 Å². The molecule has 1 fully saturated rings. The van der Waals surface area contributed by atoms with Crippen LogP contribution in [0.15, 0.2) is 36.5 Å². The van der Waals surface area contributed by atoms with Crippen LogP contribution in [-0.4, -0.2) is 76.6 Å². The van der Waals surface area contributed by atoms with Crippen LogP contribution >= 0.6 is 0 Å². The van der Waals surface area contributed by atoms with Gasteiger partial charge in [-0.2, -0.15) is 23.1 Å². The number of hydrogen-bond acceptors (Lipinski definition) is 6. The zero-order valence-corrected chi connectivity index (χ0v) is 16.9. The molecule has 0 aliphatic carbocycles. The van der Waals surface area contributed by atoms with Crippen LogP contribution in [0.1, 0.15) is 10.4 Å². The lowest BCUT2D eigenvalue weighted by atomic mass is 10.1. The predicted octanol–water partition coefficient (Wildman–Crippen LogP) is 2.63. The van der Waals surface area contributed by atoms with Gasteiger partial charge in [-0.3, -0.25) is 4.79 Å². The third-order valence-electron chi connectivity index (χ3n) is 5.23. The number of amides is 1. The second-order valence-electron chi connectivity index (χ2n) is 7.49. The Bertz CT molecular complexity index is 1070. The maximum absolute atomic E-state index is 13.3. The number of hydrogen-bond donors (Lipinski definition) is 2. The van der Waals surface area contributed by atoms with Crippen LogP contribution in [0.5, 0.6) is 0 Å². The van der Waals surface area contributed by atoms with E-state index < -0.39 is 12.7 Å². The van der Waals surface area contributed by atoms with Crippen molar-refractivity contribution in [2.24, 2.45) is 0 Å². The van der Waals surface area contributed by atoms with Gasteiger partial charge in [-0.05, 0) is 37.4 Å². The Balaban J connectivity index is 1.63. The molecule has 0 bridgehead atoms. The van der Waals surface area contributed by atoms with Gasteiger partial charge >= 0.3 is 6.18 Å². The first kappa shape index (κ1) is 20.9. The second-order valence-corrected chi connectivity index (χ2v) is 7.49. The molecule has 2 aromatic heterocycles. The number of benzene rings is 1. The van der Waals surface area contributed by atoms with Gasteiger partial charge in [0.25, 0.3) is 5.91 Å². The van der Waals surface area contributed by atoms with Crippen molar-refractivity contribution in [3.05, 3.63) is 42.1 Å². The molecule has 1 aromatic carbocycles. The van der Waals surface area contributed by atoms with Crippen molar-refractivity contribution in [3.63, 3.8) is 0 Å². The molecule has 3 heterocycles. The fourth-order valence-corrected chi connectivity index (χ4v) is 3.51. The first-order valence-corrected chi connectivity index (χ1v) is 9.74. The van der Waals surface area contributed by atoms with E-state index in [1.807, 2.05) is 7.05 Å². The summed E-state index contributed by atoms with van der Waals surface area (Å²) in [6.45, 7) is 1.48. The molecule has 1 saturated heterocycles. The van der Waals surface area contributed by atoms with Crippen molar-refractivity contribution in [2.45, 2.75) is 6.18 Å². The fraction of sp³-hybridized carbons (Fsp3) is 0.350. The molecule has 8 nitrogen and oxygen atoms in total. The van der Waals surface area contributed by atoms with Crippen molar-refractivity contribution in [1.29, 1.82) is 0 Å². The molecule has 11 heteroatoms. The molecule has 164 valence electrons. The Morgan fingerprint density at radius 1 is 1.13 bits per heavy atom. The standard InChI is InChI=1S/C20H22F3N7O/c1-28-8-10-29(11-9-28)18(31)13-2-4-14(5-3-13)30(12-20(21,22)23)19-26-16(24)15-6-7-25-17(15)27-19/h2-7H,8-12H2,1H3,(H3,24,25,26,27). The minimum absolute atomic E-state index is 0.0790. The van der Waals surface area contributed by atoms with Crippen molar-refractivity contribution < 1.29 is 18.0 Å². The minimum atomic E-state index is -4.50. The molecule has 3 aromatic rings. The number of fused-ring (bicyclic) bond motifs is 1. The van der Waals surface area contributed by atoms with Crippen LogP contribution in [0, 0.1) is 0 Å². The van der Waals surface area contributed by atoms with E-state index in [1.165, 1.54) is 24.3 Å². The Labute approximate surface area is 176 Å². The zero-order valence-electron chi connectivity index (χ0n) is 16.9. The number of nitrogens with two attached hydrogens (primary N) is 1. The first-order valence-electron chi connectivity index (χ1n) is 9.74. The smallest absolute Gasteiger partial charge is 0.383 e. The van der Waals surface area contributed by atoms with Gasteiger partial charge in [-0.15, -0.1) is 0 Å². The molecule has 0 radical (unpaired) electrons. The normalized spacial score (nSPS) is 15.4. The Morgan fingerprint density at radius 2 is 1.81 bits per heavy atom. The summed E-state index contributed by atoms with van der Waals surface area (Å²) in [5.74, 6) is -0.242. The number of nitrogens with one attached hydrogen (secondary N) is 1. The van der Waals surface area contributed by atoms with E-state index in [4.69, 9.17) is 5.73 Å². The number of nitrogens with zero attached hydrogens (tertiary/aromatic N) is 5. The molecule has 0 spiro atoms. The molecule has 0 saturated carbocycles. The first-order chi connectivity index (χ1) is 14.7. The molecule has 0 unspecified atom stereocenters. The number of aromatic amines is 1. The average molecular weight is 433 g/mol. The number of anilines is 3. The van der Waals surface area contributed by atoms with Crippen molar-refractivity contribution >= 4 is 34.4 Å². The quantitative estimate of drug-likeness (QED) is 0.657. The van der Waals surface area contributed by atoms with E-state index in [9.17, 15) is 18.0 Å². The summed E-state index contributed by atoms with van der Waals surface area (Å²) in [7, 11) is 1.99. The second kappa shape index (κ2) is 8.06. The van der Waals surface area contributed by atoms with Crippen LogP contribution in [0.3, 0.4) is 0 Å². The molecule has 4 rings (SSSR count). The highest BCUT2D eigenvalue weighted by molar-refractivity contribution is 5.95. The number of carbonyl (C=O) groups is 1. The van der Waals surface area contributed by atoms with Gasteiger partial charge in [0.1, 0.15) is 18.0 Å². The number of carbonyl (C=O) groups excluding carboxylic acids is 1. The summed E-state index contributed by atoms with van der Waals surface area (Å²) in [6, 6.07) is 7.63. The molecule has 1 amide bonds. The van der Waals surface area contributed by atoms with Crippen LogP contribution in [0.2, 0.25) is 0 Å². The highest BCUT2D eigenvalue weighted by Gasteiger charge is 2.33. The summed E-state index contributed by atoms with van der Waals surface area (Å²) in [5, 5.41) is 0.531. The van der Waals surface area contributed by atoms with E-state index in [1.54, 1.807) is 17.2 Å². The SMILES string of the molecule is CN1CCN(C(=O)c2ccc(N(CC(F)(F)F)c3nc(N)c4cc[nH]c4n3)cc2)CC1. The lowest BCUT2D eigenvalue weighted by Crippen LogP contribution is -2.47. The van der Waals surface area contributed by atoms with Crippen LogP contribution in [0.4, 0.5) is 30.6 Å². The molecular weight excluding hydrogens is 411 g/mol. The Morgan fingerprint density at radius 3 is 2.45 bits per heavy atom. The average Bonchev–Trinajstić information content (AvgIpc) is 3.21. The molecular formula is C20H22F3N7O. The third-order valence-corrected chi connectivity index (χ3v) is 5.23. The zero-order chi connectivity index (χ0) is 22.2. The number of rotatable bonds is 4. The number of H-pyrrole nitrogens is 1. The van der Waals surface area contributed by atoms with Crippen molar-refractivity contribution in [1.82, 2.24) is 24.8 Å². The van der Waals surface area contributed by atoms with Gasteiger partial charge in [0.2, 0.25) is 5.95 Å². The van der Waals surface area contributed by atoms with Gasteiger partial charge < -0.3 is 25.4 Å². The largest absolute Gasteiger partial charge is 0.406 e. The number of halogens is 3. The van der Waals surface area contributed by atoms with E-state index in [2.05, 4.69) is 19.9 Å². The minimum Gasteiger partial charge on any atom is -0.383 e.